The number of hydrogen-bond donors (Lipinski definition) is 0. The fraction of sp³-hybridized carbons (Fsp3) is 0.286. The molecule has 0 bridgehead atoms. The summed E-state index contributed by atoms with van der Waals surface area (Å²) in [6.07, 6.45) is 0.859. The molecule has 0 aliphatic heterocycles. The number of para-hydroxylation sites is 1. The van der Waals surface area contributed by atoms with E-state index in [1.807, 2.05) is 79.4 Å². The maximum atomic E-state index is 13.5. The summed E-state index contributed by atoms with van der Waals surface area (Å²) >= 11 is 0. The van der Waals surface area contributed by atoms with E-state index in [9.17, 15) is 9.59 Å². The lowest BCUT2D eigenvalue weighted by atomic mass is 10.1. The van der Waals surface area contributed by atoms with Crippen LogP contribution in [0.15, 0.2) is 84.9 Å². The predicted molar refractivity (Wildman–Crippen MR) is 129 cm³/mol. The number of nitrogens with zero attached hydrogens (tertiary/aromatic N) is 1. The van der Waals surface area contributed by atoms with Gasteiger partial charge in [-0.05, 0) is 30.5 Å². The Balaban J connectivity index is 1.85. The van der Waals surface area contributed by atoms with Gasteiger partial charge in [-0.15, -0.1) is 0 Å². The molecule has 33 heavy (non-hydrogen) atoms. The molecule has 3 aromatic rings. The van der Waals surface area contributed by atoms with Crippen molar-refractivity contribution in [3.05, 3.63) is 102 Å². The molecular formula is C28H31NO4. The van der Waals surface area contributed by atoms with Gasteiger partial charge in [0.05, 0.1) is 0 Å². The Bertz CT molecular complexity index is 1010. The van der Waals surface area contributed by atoms with Crippen LogP contribution < -0.4 is 4.74 Å². The molecule has 0 aliphatic rings. The first kappa shape index (κ1) is 24.1. The molecule has 1 amide bonds. The predicted octanol–water partition coefficient (Wildman–Crippen LogP) is 5.81. The van der Waals surface area contributed by atoms with Crippen LogP contribution >= 0.6 is 0 Å². The number of rotatable bonds is 11. The maximum Gasteiger partial charge on any atom is 0.342 e. The van der Waals surface area contributed by atoms with Crippen LogP contribution in [0.1, 0.15) is 54.3 Å². The summed E-state index contributed by atoms with van der Waals surface area (Å²) in [7, 11) is 0. The highest BCUT2D eigenvalue weighted by molar-refractivity contribution is 5.93. The van der Waals surface area contributed by atoms with E-state index in [-0.39, 0.29) is 12.5 Å². The fourth-order valence-electron chi connectivity index (χ4n) is 3.59. The molecule has 0 spiro atoms. The van der Waals surface area contributed by atoms with Gasteiger partial charge in [0.1, 0.15) is 17.9 Å². The van der Waals surface area contributed by atoms with E-state index in [0.29, 0.717) is 24.4 Å². The summed E-state index contributed by atoms with van der Waals surface area (Å²) < 4.78 is 11.8. The van der Waals surface area contributed by atoms with Crippen molar-refractivity contribution >= 4 is 11.9 Å². The Morgan fingerprint density at radius 1 is 0.788 bits per heavy atom. The molecule has 0 aromatic heterocycles. The molecule has 5 heteroatoms. The van der Waals surface area contributed by atoms with Gasteiger partial charge in [-0.1, -0.05) is 86.6 Å². The highest BCUT2D eigenvalue weighted by Gasteiger charge is 2.28. The van der Waals surface area contributed by atoms with Crippen molar-refractivity contribution in [3.8, 4) is 5.75 Å². The van der Waals surface area contributed by atoms with Crippen LogP contribution in [-0.2, 0) is 16.1 Å². The number of hydrogen-bond acceptors (Lipinski definition) is 4. The van der Waals surface area contributed by atoms with E-state index in [4.69, 9.17) is 9.47 Å². The van der Waals surface area contributed by atoms with Crippen molar-refractivity contribution < 1.29 is 19.1 Å². The van der Waals surface area contributed by atoms with Crippen LogP contribution in [0.3, 0.4) is 0 Å². The number of carbonyl (C=O) groups excluding carboxylic acids is 2. The smallest absolute Gasteiger partial charge is 0.342 e. The van der Waals surface area contributed by atoms with E-state index in [1.165, 1.54) is 0 Å². The molecule has 0 aliphatic carbocycles. The van der Waals surface area contributed by atoms with Gasteiger partial charge in [-0.2, -0.15) is 0 Å². The third kappa shape index (κ3) is 6.69. The molecule has 3 aromatic carbocycles. The molecule has 0 heterocycles. The van der Waals surface area contributed by atoms with Crippen LogP contribution in [-0.4, -0.2) is 29.9 Å². The second kappa shape index (κ2) is 12.4. The molecule has 172 valence electrons. The second-order valence-electron chi connectivity index (χ2n) is 7.79. The number of ether oxygens (including phenoxy) is 2. The lowest BCUT2D eigenvalue weighted by molar-refractivity contribution is -0.139. The fourth-order valence-corrected chi connectivity index (χ4v) is 3.59. The van der Waals surface area contributed by atoms with E-state index in [1.54, 1.807) is 24.3 Å². The standard InChI is InChI=1S/C28H31NO4/c1-3-19-29(20-4-2)27(30)26(23-15-9-6-10-16-23)33-25-18-12-11-17-24(25)28(31)32-21-22-13-7-5-8-14-22/h5-18,26H,3-4,19-21H2,1-2H3. The Labute approximate surface area is 196 Å². The van der Waals surface area contributed by atoms with Crippen molar-refractivity contribution in [2.45, 2.75) is 39.4 Å². The monoisotopic (exact) mass is 445 g/mol. The summed E-state index contributed by atoms with van der Waals surface area (Å²) in [5, 5.41) is 0. The minimum atomic E-state index is -0.854. The Morgan fingerprint density at radius 3 is 2.00 bits per heavy atom. The van der Waals surface area contributed by atoms with Crippen LogP contribution in [0.4, 0.5) is 0 Å². The minimum Gasteiger partial charge on any atom is -0.475 e. The highest BCUT2D eigenvalue weighted by Crippen LogP contribution is 2.28. The summed E-state index contributed by atoms with van der Waals surface area (Å²) in [6, 6.07) is 25.8. The van der Waals surface area contributed by atoms with Gasteiger partial charge < -0.3 is 14.4 Å². The van der Waals surface area contributed by atoms with E-state index >= 15 is 0 Å². The first-order valence-corrected chi connectivity index (χ1v) is 11.4. The maximum absolute atomic E-state index is 13.5. The van der Waals surface area contributed by atoms with Crippen LogP contribution in [0.25, 0.3) is 0 Å². The zero-order chi connectivity index (χ0) is 23.5. The van der Waals surface area contributed by atoms with Crippen LogP contribution in [0.5, 0.6) is 5.75 Å². The summed E-state index contributed by atoms with van der Waals surface area (Å²) in [5.74, 6) is -0.282. The number of esters is 1. The molecule has 0 fully saturated rings. The lowest BCUT2D eigenvalue weighted by Gasteiger charge is -2.28. The normalized spacial score (nSPS) is 11.5. The molecule has 0 saturated heterocycles. The number of benzene rings is 3. The molecule has 0 radical (unpaired) electrons. The molecule has 3 rings (SSSR count). The molecule has 1 atom stereocenters. The van der Waals surface area contributed by atoms with Gasteiger partial charge in [0.15, 0.2) is 0 Å². The zero-order valence-electron chi connectivity index (χ0n) is 19.3. The van der Waals surface area contributed by atoms with Gasteiger partial charge in [0.25, 0.3) is 5.91 Å². The molecule has 5 nitrogen and oxygen atoms in total. The van der Waals surface area contributed by atoms with Crippen molar-refractivity contribution in [3.63, 3.8) is 0 Å². The Hall–Kier alpha value is -3.60. The Kier molecular flexibility index (Phi) is 9.07. The molecular weight excluding hydrogens is 414 g/mol. The zero-order valence-corrected chi connectivity index (χ0v) is 19.3. The summed E-state index contributed by atoms with van der Waals surface area (Å²) in [4.78, 5) is 28.2. The number of carbonyl (C=O) groups is 2. The minimum absolute atomic E-state index is 0.114. The summed E-state index contributed by atoms with van der Waals surface area (Å²) in [5.41, 5.74) is 1.93. The van der Waals surface area contributed by atoms with Crippen molar-refractivity contribution in [2.75, 3.05) is 13.1 Å². The van der Waals surface area contributed by atoms with Gasteiger partial charge in [-0.25, -0.2) is 4.79 Å². The largest absolute Gasteiger partial charge is 0.475 e. The average molecular weight is 446 g/mol. The average Bonchev–Trinajstić information content (AvgIpc) is 2.86. The van der Waals surface area contributed by atoms with Crippen molar-refractivity contribution in [1.29, 1.82) is 0 Å². The van der Waals surface area contributed by atoms with Gasteiger partial charge >= 0.3 is 5.97 Å². The van der Waals surface area contributed by atoms with Crippen molar-refractivity contribution in [2.24, 2.45) is 0 Å². The van der Waals surface area contributed by atoms with Crippen molar-refractivity contribution in [1.82, 2.24) is 4.90 Å². The van der Waals surface area contributed by atoms with E-state index < -0.39 is 12.1 Å². The second-order valence-corrected chi connectivity index (χ2v) is 7.79. The quantitative estimate of drug-likeness (QED) is 0.349. The Morgan fingerprint density at radius 2 is 1.36 bits per heavy atom. The van der Waals surface area contributed by atoms with Gasteiger partial charge in [0, 0.05) is 18.7 Å². The highest BCUT2D eigenvalue weighted by atomic mass is 16.5. The first-order chi connectivity index (χ1) is 16.1. The van der Waals surface area contributed by atoms with E-state index in [2.05, 4.69) is 0 Å². The molecule has 0 N–H and O–H groups in total. The van der Waals surface area contributed by atoms with E-state index in [0.717, 1.165) is 24.0 Å². The lowest BCUT2D eigenvalue weighted by Crippen LogP contribution is -2.38. The van der Waals surface area contributed by atoms with Crippen LogP contribution in [0, 0.1) is 0 Å². The third-order valence-electron chi connectivity index (χ3n) is 5.19. The molecule has 1 unspecified atom stereocenters. The first-order valence-electron chi connectivity index (χ1n) is 11.4. The van der Waals surface area contributed by atoms with Gasteiger partial charge in [-0.3, -0.25) is 4.79 Å². The molecule has 0 saturated carbocycles. The summed E-state index contributed by atoms with van der Waals surface area (Å²) in [6.45, 7) is 5.56. The van der Waals surface area contributed by atoms with Gasteiger partial charge in [0.2, 0.25) is 6.10 Å². The third-order valence-corrected chi connectivity index (χ3v) is 5.19. The SMILES string of the molecule is CCCN(CCC)C(=O)C(Oc1ccccc1C(=O)OCc1ccccc1)c1ccccc1. The van der Waals surface area contributed by atoms with Crippen LogP contribution in [0.2, 0.25) is 0 Å². The topological polar surface area (TPSA) is 55.8 Å². The number of amides is 1.